The largest absolute Gasteiger partial charge is 0.308 e. The smallest absolute Gasteiger partial charge is 0.130 e. The van der Waals surface area contributed by atoms with Crippen LogP contribution < -0.4 is 5.32 Å². The molecule has 0 bridgehead atoms. The molecule has 2 aromatic carbocycles. The molecule has 0 aliphatic rings. The molecule has 0 saturated carbocycles. The first-order valence-electron chi connectivity index (χ1n) is 6.27. The van der Waals surface area contributed by atoms with Gasteiger partial charge in [0.2, 0.25) is 0 Å². The summed E-state index contributed by atoms with van der Waals surface area (Å²) in [6, 6.07) is 9.80. The second kappa shape index (κ2) is 5.93. The summed E-state index contributed by atoms with van der Waals surface area (Å²) < 4.78 is 26.2. The first-order valence-corrected chi connectivity index (χ1v) is 6.27. The van der Waals surface area contributed by atoms with Gasteiger partial charge in [-0.1, -0.05) is 24.3 Å². The molecule has 0 heterocycles. The third kappa shape index (κ3) is 3.38. The summed E-state index contributed by atoms with van der Waals surface area (Å²) in [5.41, 5.74) is 4.14. The van der Waals surface area contributed by atoms with Gasteiger partial charge in [0, 0.05) is 24.7 Å². The molecule has 1 N–H and O–H groups in total. The molecule has 0 aliphatic heterocycles. The fourth-order valence-electron chi connectivity index (χ4n) is 2.12. The van der Waals surface area contributed by atoms with Gasteiger partial charge in [-0.05, 0) is 36.6 Å². The van der Waals surface area contributed by atoms with Gasteiger partial charge in [0.05, 0.1) is 0 Å². The standard InChI is InChI=1S/C16H17F2N/c1-11-4-3-5-12(2)15(11)10-19-9-13-6-7-14(17)8-16(13)18/h3-8,19H,9-10H2,1-2H3. The van der Waals surface area contributed by atoms with Crippen molar-refractivity contribution >= 4 is 0 Å². The van der Waals surface area contributed by atoms with E-state index in [1.165, 1.54) is 28.8 Å². The van der Waals surface area contributed by atoms with Crippen LogP contribution in [0.2, 0.25) is 0 Å². The zero-order valence-electron chi connectivity index (χ0n) is 11.1. The molecular formula is C16H17F2N. The SMILES string of the molecule is Cc1cccc(C)c1CNCc1ccc(F)cc1F. The molecule has 2 rings (SSSR count). The lowest BCUT2D eigenvalue weighted by Gasteiger charge is -2.11. The van der Waals surface area contributed by atoms with Crippen LogP contribution in [0.15, 0.2) is 36.4 Å². The molecular weight excluding hydrogens is 244 g/mol. The van der Waals surface area contributed by atoms with Gasteiger partial charge >= 0.3 is 0 Å². The van der Waals surface area contributed by atoms with Gasteiger partial charge < -0.3 is 5.32 Å². The highest BCUT2D eigenvalue weighted by molar-refractivity contribution is 5.33. The number of hydrogen-bond acceptors (Lipinski definition) is 1. The molecule has 2 aromatic rings. The molecule has 1 nitrogen and oxygen atoms in total. The van der Waals surface area contributed by atoms with Crippen molar-refractivity contribution in [3.05, 3.63) is 70.3 Å². The van der Waals surface area contributed by atoms with E-state index < -0.39 is 11.6 Å². The van der Waals surface area contributed by atoms with Gasteiger partial charge in [-0.15, -0.1) is 0 Å². The van der Waals surface area contributed by atoms with Crippen LogP contribution in [0.5, 0.6) is 0 Å². The van der Waals surface area contributed by atoms with E-state index in [0.29, 0.717) is 18.7 Å². The number of rotatable bonds is 4. The van der Waals surface area contributed by atoms with Crippen molar-refractivity contribution in [2.24, 2.45) is 0 Å². The highest BCUT2D eigenvalue weighted by Crippen LogP contribution is 2.14. The van der Waals surface area contributed by atoms with Gasteiger partial charge in [0.25, 0.3) is 0 Å². The predicted molar refractivity (Wildman–Crippen MR) is 72.8 cm³/mol. The van der Waals surface area contributed by atoms with Gasteiger partial charge in [-0.2, -0.15) is 0 Å². The van der Waals surface area contributed by atoms with E-state index in [9.17, 15) is 8.78 Å². The van der Waals surface area contributed by atoms with E-state index in [4.69, 9.17) is 0 Å². The minimum absolute atomic E-state index is 0.389. The van der Waals surface area contributed by atoms with E-state index in [1.807, 2.05) is 6.07 Å². The summed E-state index contributed by atoms with van der Waals surface area (Å²) in [6.45, 7) is 5.18. The topological polar surface area (TPSA) is 12.0 Å². The summed E-state index contributed by atoms with van der Waals surface area (Å²) in [5.74, 6) is -1.05. The number of hydrogen-bond donors (Lipinski definition) is 1. The Morgan fingerprint density at radius 2 is 1.63 bits per heavy atom. The van der Waals surface area contributed by atoms with Crippen LogP contribution in [0.1, 0.15) is 22.3 Å². The quantitative estimate of drug-likeness (QED) is 0.881. The summed E-state index contributed by atoms with van der Waals surface area (Å²) in [4.78, 5) is 0. The molecule has 0 spiro atoms. The Balaban J connectivity index is 2.00. The zero-order chi connectivity index (χ0) is 13.8. The molecule has 0 aliphatic carbocycles. The van der Waals surface area contributed by atoms with Crippen LogP contribution in [0.4, 0.5) is 8.78 Å². The van der Waals surface area contributed by atoms with Gasteiger partial charge in [-0.3, -0.25) is 0 Å². The summed E-state index contributed by atoms with van der Waals surface area (Å²) in [5, 5.41) is 3.20. The first-order chi connectivity index (χ1) is 9.08. The van der Waals surface area contributed by atoms with E-state index >= 15 is 0 Å². The molecule has 0 atom stereocenters. The fraction of sp³-hybridized carbons (Fsp3) is 0.250. The summed E-state index contributed by atoms with van der Waals surface area (Å²) in [7, 11) is 0. The summed E-state index contributed by atoms with van der Waals surface area (Å²) >= 11 is 0. The van der Waals surface area contributed by atoms with Crippen LogP contribution in [-0.4, -0.2) is 0 Å². The Morgan fingerprint density at radius 1 is 0.947 bits per heavy atom. The van der Waals surface area contributed by atoms with Crippen LogP contribution >= 0.6 is 0 Å². The van der Waals surface area contributed by atoms with E-state index in [-0.39, 0.29) is 0 Å². The van der Waals surface area contributed by atoms with Crippen LogP contribution in [0.3, 0.4) is 0 Å². The molecule has 0 fully saturated rings. The summed E-state index contributed by atoms with van der Waals surface area (Å²) in [6.07, 6.45) is 0. The molecule has 100 valence electrons. The van der Waals surface area contributed by atoms with Gasteiger partial charge in [0.15, 0.2) is 0 Å². The van der Waals surface area contributed by atoms with Crippen molar-refractivity contribution in [1.29, 1.82) is 0 Å². The fourth-order valence-corrected chi connectivity index (χ4v) is 2.12. The number of benzene rings is 2. The number of nitrogens with one attached hydrogen (secondary N) is 1. The average Bonchev–Trinajstić information content (AvgIpc) is 2.35. The normalized spacial score (nSPS) is 10.7. The van der Waals surface area contributed by atoms with Crippen LogP contribution in [-0.2, 0) is 13.1 Å². The monoisotopic (exact) mass is 261 g/mol. The second-order valence-electron chi connectivity index (χ2n) is 4.71. The molecule has 19 heavy (non-hydrogen) atoms. The predicted octanol–water partition coefficient (Wildman–Crippen LogP) is 3.87. The lowest BCUT2D eigenvalue weighted by molar-refractivity contribution is 0.560. The van der Waals surface area contributed by atoms with Crippen molar-refractivity contribution < 1.29 is 8.78 Å². The highest BCUT2D eigenvalue weighted by atomic mass is 19.1. The molecule has 0 unspecified atom stereocenters. The number of aryl methyl sites for hydroxylation is 2. The Kier molecular flexibility index (Phi) is 4.27. The van der Waals surface area contributed by atoms with E-state index in [1.54, 1.807) is 0 Å². The molecule has 0 amide bonds. The van der Waals surface area contributed by atoms with Crippen molar-refractivity contribution in [2.75, 3.05) is 0 Å². The third-order valence-electron chi connectivity index (χ3n) is 3.28. The molecule has 0 saturated heterocycles. The Hall–Kier alpha value is -1.74. The van der Waals surface area contributed by atoms with Crippen molar-refractivity contribution in [3.8, 4) is 0 Å². The minimum Gasteiger partial charge on any atom is -0.308 e. The highest BCUT2D eigenvalue weighted by Gasteiger charge is 2.05. The lowest BCUT2D eigenvalue weighted by atomic mass is 10.0. The molecule has 0 aromatic heterocycles. The van der Waals surface area contributed by atoms with Crippen molar-refractivity contribution in [3.63, 3.8) is 0 Å². The van der Waals surface area contributed by atoms with Crippen LogP contribution in [0, 0.1) is 25.5 Å². The van der Waals surface area contributed by atoms with Crippen molar-refractivity contribution in [2.45, 2.75) is 26.9 Å². The molecule has 3 heteroatoms. The average molecular weight is 261 g/mol. The number of halogens is 2. The lowest BCUT2D eigenvalue weighted by Crippen LogP contribution is -2.15. The second-order valence-corrected chi connectivity index (χ2v) is 4.71. The van der Waals surface area contributed by atoms with Gasteiger partial charge in [0.1, 0.15) is 11.6 Å². The minimum atomic E-state index is -0.545. The Morgan fingerprint density at radius 3 is 2.26 bits per heavy atom. The van der Waals surface area contributed by atoms with Crippen molar-refractivity contribution in [1.82, 2.24) is 5.32 Å². The van der Waals surface area contributed by atoms with E-state index in [0.717, 1.165) is 6.07 Å². The maximum atomic E-state index is 13.5. The Bertz CT molecular complexity index is 559. The first kappa shape index (κ1) is 13.7. The zero-order valence-corrected chi connectivity index (χ0v) is 11.1. The van der Waals surface area contributed by atoms with E-state index in [2.05, 4.69) is 31.3 Å². The molecule has 0 radical (unpaired) electrons. The van der Waals surface area contributed by atoms with Gasteiger partial charge in [-0.25, -0.2) is 8.78 Å². The Labute approximate surface area is 112 Å². The third-order valence-corrected chi connectivity index (χ3v) is 3.28. The maximum absolute atomic E-state index is 13.5. The van der Waals surface area contributed by atoms with Crippen LogP contribution in [0.25, 0.3) is 0 Å². The maximum Gasteiger partial charge on any atom is 0.130 e.